The Morgan fingerprint density at radius 2 is 1.84 bits per heavy atom. The minimum absolute atomic E-state index is 0.00843. The molecule has 3 nitrogen and oxygen atoms in total. The topological polar surface area (TPSA) is 39.4 Å². The number of hydrogen-bond acceptors (Lipinski definition) is 4. The molecule has 2 aromatic carbocycles. The lowest BCUT2D eigenvalue weighted by Crippen LogP contribution is -2.55. The average molecular weight is 492 g/mol. The Morgan fingerprint density at radius 1 is 1.09 bits per heavy atom. The maximum atomic E-state index is 14.8. The van der Waals surface area contributed by atoms with Crippen LogP contribution in [0.5, 0.6) is 0 Å². The van der Waals surface area contributed by atoms with Gasteiger partial charge in [0.25, 0.3) is 5.66 Å². The van der Waals surface area contributed by atoms with Crippen LogP contribution in [0.1, 0.15) is 11.1 Å². The van der Waals surface area contributed by atoms with Crippen molar-refractivity contribution < 1.29 is 13.2 Å². The van der Waals surface area contributed by atoms with Crippen molar-refractivity contribution in [1.29, 1.82) is 5.26 Å². The molecule has 2 aliphatic heterocycles. The number of allylic oxidation sites excluding steroid dienone is 3. The van der Waals surface area contributed by atoms with Crippen LogP contribution in [0, 0.1) is 11.3 Å². The number of hydrogen-bond donors (Lipinski definition) is 0. The lowest BCUT2D eigenvalue weighted by molar-refractivity contribution is -0.222. The van der Waals surface area contributed by atoms with Crippen molar-refractivity contribution in [1.82, 2.24) is 4.90 Å². The second-order valence-corrected chi connectivity index (χ2v) is 8.73. The van der Waals surface area contributed by atoms with E-state index in [1.54, 1.807) is 30.3 Å². The summed E-state index contributed by atoms with van der Waals surface area (Å²) in [5.41, 5.74) is -1.89. The van der Waals surface area contributed by atoms with Gasteiger partial charge < -0.3 is 4.90 Å². The van der Waals surface area contributed by atoms with E-state index >= 15 is 0 Å². The summed E-state index contributed by atoms with van der Waals surface area (Å²) in [6, 6.07) is 14.4. The minimum Gasteiger partial charge on any atom is -0.310 e. The molecule has 0 radical (unpaired) electrons. The van der Waals surface area contributed by atoms with Crippen molar-refractivity contribution >= 4 is 40.0 Å². The number of fused-ring (bicyclic) bond motifs is 1. The van der Waals surface area contributed by atoms with Gasteiger partial charge in [0, 0.05) is 27.6 Å². The number of nitrogens with zero attached hydrogens (tertiary/aromatic N) is 3. The van der Waals surface area contributed by atoms with E-state index in [9.17, 15) is 18.4 Å². The van der Waals surface area contributed by atoms with E-state index in [0.29, 0.717) is 15.6 Å². The van der Waals surface area contributed by atoms with Gasteiger partial charge in [-0.05, 0) is 29.8 Å². The fourth-order valence-electron chi connectivity index (χ4n) is 3.53. The SMILES string of the molecule is N#CC1=C2C=CC=CN2C(c2ccccc2)(C(F)(F)F)N=C1SCc1ccc(Cl)cc1Cl. The van der Waals surface area contributed by atoms with Gasteiger partial charge in [-0.25, -0.2) is 4.99 Å². The zero-order valence-electron chi connectivity index (χ0n) is 16.3. The van der Waals surface area contributed by atoms with Crippen molar-refractivity contribution in [3.05, 3.63) is 105 Å². The van der Waals surface area contributed by atoms with E-state index in [1.807, 2.05) is 6.07 Å². The molecule has 9 heteroatoms. The third-order valence-corrected chi connectivity index (χ3v) is 6.62. The molecular formula is C23H14Cl2F3N3S. The summed E-state index contributed by atoms with van der Waals surface area (Å²) < 4.78 is 44.3. The molecule has 0 spiro atoms. The fraction of sp³-hybridized carbons (Fsp3) is 0.130. The summed E-state index contributed by atoms with van der Waals surface area (Å²) in [7, 11) is 0. The number of benzene rings is 2. The standard InChI is InChI=1S/C23H14Cl2F3N3S/c24-17-10-9-15(19(25)12-17)14-32-21-18(13-29)20-8-4-5-11-31(20)22(30-21,23(26,27)28)16-6-2-1-3-7-16/h1-12H,14H2. The van der Waals surface area contributed by atoms with Gasteiger partial charge in [0.2, 0.25) is 0 Å². The van der Waals surface area contributed by atoms with Crippen LogP contribution in [0.2, 0.25) is 10.0 Å². The summed E-state index contributed by atoms with van der Waals surface area (Å²) in [4.78, 5) is 5.21. The van der Waals surface area contributed by atoms with E-state index in [0.717, 1.165) is 16.7 Å². The second-order valence-electron chi connectivity index (χ2n) is 6.92. The molecule has 162 valence electrons. The van der Waals surface area contributed by atoms with Crippen LogP contribution >= 0.6 is 35.0 Å². The Balaban J connectivity index is 1.87. The largest absolute Gasteiger partial charge is 0.437 e. The first kappa shape index (κ1) is 22.5. The van der Waals surface area contributed by atoms with Crippen molar-refractivity contribution in [3.8, 4) is 6.07 Å². The third kappa shape index (κ3) is 3.83. The number of rotatable bonds is 3. The van der Waals surface area contributed by atoms with E-state index in [1.165, 1.54) is 42.6 Å². The molecule has 1 unspecified atom stereocenters. The highest BCUT2D eigenvalue weighted by Crippen LogP contribution is 2.51. The van der Waals surface area contributed by atoms with E-state index in [4.69, 9.17) is 23.2 Å². The Labute approximate surface area is 197 Å². The molecule has 4 rings (SSSR count). The maximum Gasteiger partial charge on any atom is 0.437 e. The second kappa shape index (κ2) is 8.70. The molecule has 32 heavy (non-hydrogen) atoms. The van der Waals surface area contributed by atoms with Gasteiger partial charge in [0.15, 0.2) is 0 Å². The lowest BCUT2D eigenvalue weighted by atomic mass is 9.93. The highest BCUT2D eigenvalue weighted by atomic mass is 35.5. The fourth-order valence-corrected chi connectivity index (χ4v) is 5.12. The van der Waals surface area contributed by atoms with Gasteiger partial charge in [-0.2, -0.15) is 18.4 Å². The van der Waals surface area contributed by atoms with E-state index in [2.05, 4.69) is 4.99 Å². The average Bonchev–Trinajstić information content (AvgIpc) is 2.77. The predicted molar refractivity (Wildman–Crippen MR) is 122 cm³/mol. The summed E-state index contributed by atoms with van der Waals surface area (Å²) in [5, 5.41) is 10.7. The first-order valence-electron chi connectivity index (χ1n) is 9.35. The van der Waals surface area contributed by atoms with Gasteiger partial charge in [0.1, 0.15) is 16.7 Å². The van der Waals surface area contributed by atoms with Crippen LogP contribution in [0.3, 0.4) is 0 Å². The zero-order valence-corrected chi connectivity index (χ0v) is 18.6. The summed E-state index contributed by atoms with van der Waals surface area (Å²) in [6.45, 7) is 0. The summed E-state index contributed by atoms with van der Waals surface area (Å²) >= 11 is 13.2. The van der Waals surface area contributed by atoms with Gasteiger partial charge in [0.05, 0.1) is 5.70 Å². The van der Waals surface area contributed by atoms with Crippen molar-refractivity contribution in [2.24, 2.45) is 4.99 Å². The molecule has 0 bridgehead atoms. The van der Waals surface area contributed by atoms with Crippen LogP contribution in [-0.4, -0.2) is 16.1 Å². The van der Waals surface area contributed by atoms with Crippen molar-refractivity contribution in [2.75, 3.05) is 0 Å². The lowest BCUT2D eigenvalue weighted by Gasteiger charge is -2.45. The van der Waals surface area contributed by atoms with Crippen LogP contribution in [0.25, 0.3) is 0 Å². The first-order valence-corrected chi connectivity index (χ1v) is 11.1. The monoisotopic (exact) mass is 491 g/mol. The van der Waals surface area contributed by atoms with E-state index in [-0.39, 0.29) is 27.6 Å². The van der Waals surface area contributed by atoms with Crippen LogP contribution in [0.15, 0.2) is 89.2 Å². The van der Waals surface area contributed by atoms with Crippen LogP contribution < -0.4 is 0 Å². The number of thioether (sulfide) groups is 1. The van der Waals surface area contributed by atoms with Crippen LogP contribution in [-0.2, 0) is 11.4 Å². The van der Waals surface area contributed by atoms with Crippen LogP contribution in [0.4, 0.5) is 13.2 Å². The molecule has 2 aromatic rings. The molecule has 0 aliphatic carbocycles. The molecule has 0 amide bonds. The molecule has 2 heterocycles. The molecule has 1 atom stereocenters. The molecule has 0 aromatic heterocycles. The van der Waals surface area contributed by atoms with Gasteiger partial charge in [-0.15, -0.1) is 11.8 Å². The van der Waals surface area contributed by atoms with Crippen molar-refractivity contribution in [2.45, 2.75) is 17.6 Å². The van der Waals surface area contributed by atoms with E-state index < -0.39 is 11.8 Å². The molecule has 0 fully saturated rings. The van der Waals surface area contributed by atoms with Crippen molar-refractivity contribution in [3.63, 3.8) is 0 Å². The predicted octanol–water partition coefficient (Wildman–Crippen LogP) is 7.22. The molecule has 0 saturated heterocycles. The Bertz CT molecular complexity index is 1210. The number of aliphatic imine (C=N–C) groups is 1. The smallest absolute Gasteiger partial charge is 0.310 e. The van der Waals surface area contributed by atoms with Gasteiger partial charge in [-0.3, -0.25) is 0 Å². The first-order chi connectivity index (χ1) is 15.3. The minimum atomic E-state index is -4.78. The Morgan fingerprint density at radius 3 is 2.50 bits per heavy atom. The molecule has 0 saturated carbocycles. The summed E-state index contributed by atoms with van der Waals surface area (Å²) in [5.74, 6) is 0.218. The highest BCUT2D eigenvalue weighted by molar-refractivity contribution is 8.13. The number of alkyl halides is 3. The van der Waals surface area contributed by atoms with Gasteiger partial charge in [-0.1, -0.05) is 65.7 Å². The number of halogens is 5. The third-order valence-electron chi connectivity index (χ3n) is 5.00. The Kier molecular flexibility index (Phi) is 6.13. The normalized spacial score (nSPS) is 20.1. The number of nitriles is 1. The zero-order chi connectivity index (χ0) is 22.9. The van der Waals surface area contributed by atoms with Gasteiger partial charge >= 0.3 is 6.18 Å². The molecular weight excluding hydrogens is 478 g/mol. The highest BCUT2D eigenvalue weighted by Gasteiger charge is 2.62. The molecule has 0 N–H and O–H groups in total. The quantitative estimate of drug-likeness (QED) is 0.454. The Hall–Kier alpha value is -2.66. The summed E-state index contributed by atoms with van der Waals surface area (Å²) in [6.07, 6.45) is 1.10. The maximum absolute atomic E-state index is 14.8. The molecule has 2 aliphatic rings.